The van der Waals surface area contributed by atoms with Crippen molar-refractivity contribution in [2.24, 2.45) is 0 Å². The first-order chi connectivity index (χ1) is 14.5. The van der Waals surface area contributed by atoms with Gasteiger partial charge in [-0.15, -0.1) is 0 Å². The number of rotatable bonds is 2. The molecule has 1 atom stereocenters. The molecule has 5 heteroatoms. The second-order valence-corrected chi connectivity index (χ2v) is 10.5. The van der Waals surface area contributed by atoms with Crippen LogP contribution < -0.4 is 0 Å². The maximum Gasteiger partial charge on any atom is 0.243 e. The third-order valence-electron chi connectivity index (χ3n) is 6.81. The molecular formula is C25H24N2O2S. The quantitative estimate of drug-likeness (QED) is 0.452. The van der Waals surface area contributed by atoms with Gasteiger partial charge in [-0.3, -0.25) is 0 Å². The van der Waals surface area contributed by atoms with Gasteiger partial charge in [0.2, 0.25) is 10.0 Å². The molecule has 0 saturated carbocycles. The zero-order chi connectivity index (χ0) is 20.5. The minimum absolute atomic E-state index is 0.0772. The highest BCUT2D eigenvalue weighted by molar-refractivity contribution is 7.89. The molecule has 4 aromatic rings. The van der Waals surface area contributed by atoms with Gasteiger partial charge in [-0.25, -0.2) is 8.42 Å². The molecule has 0 N–H and O–H groups in total. The van der Waals surface area contributed by atoms with Crippen LogP contribution in [0.2, 0.25) is 0 Å². The van der Waals surface area contributed by atoms with E-state index in [1.807, 2.05) is 36.4 Å². The molecule has 30 heavy (non-hydrogen) atoms. The van der Waals surface area contributed by atoms with Gasteiger partial charge in [0.05, 0.1) is 10.9 Å². The van der Waals surface area contributed by atoms with E-state index in [1.54, 1.807) is 10.4 Å². The smallest absolute Gasteiger partial charge is 0.243 e. The third kappa shape index (κ3) is 2.52. The van der Waals surface area contributed by atoms with E-state index in [9.17, 15) is 8.42 Å². The van der Waals surface area contributed by atoms with Gasteiger partial charge in [0.1, 0.15) is 0 Å². The van der Waals surface area contributed by atoms with Crippen LogP contribution in [-0.2, 0) is 23.0 Å². The Balaban J connectivity index is 1.49. The summed E-state index contributed by atoms with van der Waals surface area (Å²) in [6, 6.07) is 20.0. The highest BCUT2D eigenvalue weighted by Crippen LogP contribution is 2.44. The maximum absolute atomic E-state index is 13.7. The monoisotopic (exact) mass is 416 g/mol. The van der Waals surface area contributed by atoms with Crippen LogP contribution in [0.25, 0.3) is 21.7 Å². The molecule has 2 aliphatic rings. The van der Waals surface area contributed by atoms with E-state index in [0.717, 1.165) is 30.0 Å². The van der Waals surface area contributed by atoms with Crippen LogP contribution in [-0.4, -0.2) is 23.8 Å². The minimum atomic E-state index is -3.57. The number of nitrogens with zero attached hydrogens (tertiary/aromatic N) is 2. The summed E-state index contributed by atoms with van der Waals surface area (Å²) in [6.45, 7) is 3.35. The summed E-state index contributed by atoms with van der Waals surface area (Å²) in [6.07, 6.45) is 2.94. The molecule has 1 unspecified atom stereocenters. The second kappa shape index (κ2) is 6.43. The van der Waals surface area contributed by atoms with Crippen LogP contribution >= 0.6 is 0 Å². The minimum Gasteiger partial charge on any atom is -0.341 e. The molecule has 0 bridgehead atoms. The number of aryl methyl sites for hydroxylation is 2. The summed E-state index contributed by atoms with van der Waals surface area (Å²) < 4.78 is 31.6. The Labute approximate surface area is 176 Å². The Hall–Kier alpha value is -2.63. The lowest BCUT2D eigenvalue weighted by atomic mass is 9.90. The molecule has 2 heterocycles. The van der Waals surface area contributed by atoms with Crippen molar-refractivity contribution in [2.45, 2.75) is 43.7 Å². The molecule has 3 aromatic carbocycles. The van der Waals surface area contributed by atoms with Crippen molar-refractivity contribution in [1.82, 2.24) is 8.87 Å². The highest BCUT2D eigenvalue weighted by Gasteiger charge is 2.40. The topological polar surface area (TPSA) is 42.3 Å². The van der Waals surface area contributed by atoms with Gasteiger partial charge in [0.25, 0.3) is 0 Å². The summed E-state index contributed by atoms with van der Waals surface area (Å²) in [5.74, 6) is 0. The number of hydrogen-bond acceptors (Lipinski definition) is 2. The molecule has 1 aliphatic heterocycles. The number of aromatic nitrogens is 1. The maximum atomic E-state index is 13.7. The molecule has 0 radical (unpaired) electrons. The van der Waals surface area contributed by atoms with Gasteiger partial charge in [0, 0.05) is 29.7 Å². The fourth-order valence-electron chi connectivity index (χ4n) is 5.44. The Kier molecular flexibility index (Phi) is 3.89. The molecule has 6 rings (SSSR count). The summed E-state index contributed by atoms with van der Waals surface area (Å²) in [5.41, 5.74) is 5.07. The Morgan fingerprint density at radius 1 is 0.933 bits per heavy atom. The number of benzene rings is 3. The van der Waals surface area contributed by atoms with Crippen molar-refractivity contribution >= 4 is 31.7 Å². The second-order valence-electron chi connectivity index (χ2n) is 8.57. The van der Waals surface area contributed by atoms with E-state index >= 15 is 0 Å². The molecule has 0 amide bonds. The molecule has 152 valence electrons. The molecule has 0 saturated heterocycles. The normalized spacial score (nSPS) is 19.3. The average Bonchev–Trinajstić information content (AvgIpc) is 3.08. The number of sulfonamides is 1. The SMILES string of the molecule is Cc1ccc2c(c1)c1c3n2CCN(S(=O)(=O)c2ccc4ccccc4c2)C3CCC1. The van der Waals surface area contributed by atoms with Gasteiger partial charge in [-0.2, -0.15) is 4.31 Å². The lowest BCUT2D eigenvalue weighted by Gasteiger charge is -2.39. The zero-order valence-corrected chi connectivity index (χ0v) is 17.8. The van der Waals surface area contributed by atoms with Crippen LogP contribution in [0.15, 0.2) is 65.6 Å². The lowest BCUT2D eigenvalue weighted by molar-refractivity contribution is 0.243. The van der Waals surface area contributed by atoms with Crippen LogP contribution in [0.4, 0.5) is 0 Å². The average molecular weight is 417 g/mol. The molecule has 0 fully saturated rings. The largest absolute Gasteiger partial charge is 0.341 e. The zero-order valence-electron chi connectivity index (χ0n) is 17.0. The summed E-state index contributed by atoms with van der Waals surface area (Å²) in [7, 11) is -3.57. The lowest BCUT2D eigenvalue weighted by Crippen LogP contribution is -2.43. The van der Waals surface area contributed by atoms with E-state index in [4.69, 9.17) is 0 Å². The van der Waals surface area contributed by atoms with Crippen molar-refractivity contribution in [3.05, 3.63) is 77.5 Å². The summed E-state index contributed by atoms with van der Waals surface area (Å²) in [4.78, 5) is 0.397. The number of hydrogen-bond donors (Lipinski definition) is 0. The van der Waals surface area contributed by atoms with E-state index in [1.165, 1.54) is 27.7 Å². The molecule has 1 aromatic heterocycles. The van der Waals surface area contributed by atoms with Gasteiger partial charge in [0.15, 0.2) is 0 Å². The first-order valence-corrected chi connectivity index (χ1v) is 12.1. The fourth-order valence-corrected chi connectivity index (χ4v) is 7.09. The van der Waals surface area contributed by atoms with Crippen molar-refractivity contribution in [2.75, 3.05) is 6.54 Å². The summed E-state index contributed by atoms with van der Waals surface area (Å²) >= 11 is 0. The predicted molar refractivity (Wildman–Crippen MR) is 120 cm³/mol. The number of fused-ring (bicyclic) bond motifs is 4. The van der Waals surface area contributed by atoms with Gasteiger partial charge in [-0.05, 0) is 66.8 Å². The third-order valence-corrected chi connectivity index (χ3v) is 8.71. The van der Waals surface area contributed by atoms with Crippen molar-refractivity contribution < 1.29 is 8.42 Å². The van der Waals surface area contributed by atoms with Gasteiger partial charge >= 0.3 is 0 Å². The molecular weight excluding hydrogens is 392 g/mol. The molecule has 1 aliphatic carbocycles. The Bertz CT molecular complexity index is 1420. The molecule has 4 nitrogen and oxygen atoms in total. The van der Waals surface area contributed by atoms with Crippen molar-refractivity contribution in [3.63, 3.8) is 0 Å². The predicted octanol–water partition coefficient (Wildman–Crippen LogP) is 5.18. The highest BCUT2D eigenvalue weighted by atomic mass is 32.2. The van der Waals surface area contributed by atoms with Crippen LogP contribution in [0.5, 0.6) is 0 Å². The Morgan fingerprint density at radius 2 is 1.77 bits per heavy atom. The fraction of sp³-hybridized carbons (Fsp3) is 0.280. The van der Waals surface area contributed by atoms with Crippen LogP contribution in [0.1, 0.15) is 35.7 Å². The van der Waals surface area contributed by atoms with Crippen molar-refractivity contribution in [3.8, 4) is 0 Å². The van der Waals surface area contributed by atoms with E-state index < -0.39 is 10.0 Å². The van der Waals surface area contributed by atoms with Crippen LogP contribution in [0, 0.1) is 6.92 Å². The van der Waals surface area contributed by atoms with Crippen molar-refractivity contribution in [1.29, 1.82) is 0 Å². The van der Waals surface area contributed by atoms with Gasteiger partial charge < -0.3 is 4.57 Å². The molecule has 0 spiro atoms. The van der Waals surface area contributed by atoms with E-state index in [0.29, 0.717) is 18.0 Å². The summed E-state index contributed by atoms with van der Waals surface area (Å²) in [5, 5.41) is 3.33. The van der Waals surface area contributed by atoms with Crippen LogP contribution in [0.3, 0.4) is 0 Å². The van der Waals surface area contributed by atoms with E-state index in [-0.39, 0.29) is 6.04 Å². The van der Waals surface area contributed by atoms with Gasteiger partial charge in [-0.1, -0.05) is 42.0 Å². The Morgan fingerprint density at radius 3 is 2.63 bits per heavy atom. The standard InChI is InChI=1S/C25H24N2O2S/c1-17-9-12-23-22(15-17)21-7-4-8-24-25(21)26(23)13-14-27(24)30(28,29)20-11-10-18-5-2-3-6-19(18)16-20/h2-3,5-6,9-12,15-16,24H,4,7-8,13-14H2,1H3. The first kappa shape index (κ1) is 18.2. The van der Waals surface area contributed by atoms with E-state index in [2.05, 4.69) is 29.7 Å². The first-order valence-electron chi connectivity index (χ1n) is 10.7.